The van der Waals surface area contributed by atoms with Gasteiger partial charge in [-0.05, 0) is 18.2 Å². The van der Waals surface area contributed by atoms with Crippen molar-refractivity contribution in [1.29, 1.82) is 0 Å². The molecule has 1 atom stereocenters. The average Bonchev–Trinajstić information content (AvgIpc) is 2.89. The first-order valence-corrected chi connectivity index (χ1v) is 6.42. The van der Waals surface area contributed by atoms with Gasteiger partial charge in [0.2, 0.25) is 0 Å². The largest absolute Gasteiger partial charge is 0.487 e. The fourth-order valence-corrected chi connectivity index (χ4v) is 2.15. The molecule has 1 aliphatic rings. The molecule has 0 saturated heterocycles. The Morgan fingerprint density at radius 2 is 2.20 bits per heavy atom. The number of hydrogen-bond acceptors (Lipinski definition) is 4. The predicted molar refractivity (Wildman–Crippen MR) is 71.3 cm³/mol. The molecule has 0 saturated carbocycles. The van der Waals surface area contributed by atoms with E-state index in [0.717, 1.165) is 5.75 Å². The van der Waals surface area contributed by atoms with Gasteiger partial charge in [0.05, 0.1) is 19.2 Å². The number of aromatic nitrogens is 2. The number of carbonyl (C=O) groups is 1. The van der Waals surface area contributed by atoms with E-state index in [9.17, 15) is 4.79 Å². The summed E-state index contributed by atoms with van der Waals surface area (Å²) >= 11 is 0. The molecule has 2 N–H and O–H groups in total. The summed E-state index contributed by atoms with van der Waals surface area (Å²) in [4.78, 5) is 11.8. The number of rotatable bonds is 4. The molecule has 2 heterocycles. The maximum Gasteiger partial charge on any atom is 0.269 e. The van der Waals surface area contributed by atoms with E-state index in [1.165, 1.54) is 0 Å². The average molecular weight is 273 g/mol. The fourth-order valence-electron chi connectivity index (χ4n) is 2.15. The summed E-state index contributed by atoms with van der Waals surface area (Å²) < 4.78 is 7.22. The minimum absolute atomic E-state index is 0.0963. The SMILES string of the molecule is O=C1NC(CO)Cn2nc(COc3ccccc3)cc21. The van der Waals surface area contributed by atoms with Gasteiger partial charge >= 0.3 is 0 Å². The molecule has 6 heteroatoms. The highest BCUT2D eigenvalue weighted by atomic mass is 16.5. The number of fused-ring (bicyclic) bond motifs is 1. The van der Waals surface area contributed by atoms with Crippen LogP contribution in [0.5, 0.6) is 5.75 Å². The second-order valence-corrected chi connectivity index (χ2v) is 4.66. The Morgan fingerprint density at radius 3 is 2.95 bits per heavy atom. The van der Waals surface area contributed by atoms with Gasteiger partial charge in [0.1, 0.15) is 23.7 Å². The zero-order valence-electron chi connectivity index (χ0n) is 10.8. The van der Waals surface area contributed by atoms with Crippen molar-refractivity contribution in [3.05, 3.63) is 47.8 Å². The van der Waals surface area contributed by atoms with Crippen LogP contribution in [0, 0.1) is 0 Å². The molecule has 1 aliphatic heterocycles. The summed E-state index contributed by atoms with van der Waals surface area (Å²) in [7, 11) is 0. The molecule has 20 heavy (non-hydrogen) atoms. The fraction of sp³-hybridized carbons (Fsp3) is 0.286. The maximum atomic E-state index is 11.8. The maximum absolute atomic E-state index is 11.8. The molecule has 0 radical (unpaired) electrons. The van der Waals surface area contributed by atoms with Crippen LogP contribution in [0.15, 0.2) is 36.4 Å². The molecule has 0 bridgehead atoms. The summed E-state index contributed by atoms with van der Waals surface area (Å²) in [5.74, 6) is 0.546. The topological polar surface area (TPSA) is 76.4 Å². The number of benzene rings is 1. The van der Waals surface area contributed by atoms with E-state index < -0.39 is 0 Å². The van der Waals surface area contributed by atoms with Crippen molar-refractivity contribution in [2.45, 2.75) is 19.2 Å². The number of aliphatic hydroxyl groups is 1. The van der Waals surface area contributed by atoms with Crippen molar-refractivity contribution in [2.24, 2.45) is 0 Å². The van der Waals surface area contributed by atoms with Crippen molar-refractivity contribution >= 4 is 5.91 Å². The van der Waals surface area contributed by atoms with Gasteiger partial charge in [0.15, 0.2) is 0 Å². The Bertz CT molecular complexity index is 609. The monoisotopic (exact) mass is 273 g/mol. The molecule has 6 nitrogen and oxygen atoms in total. The molecule has 0 spiro atoms. The Morgan fingerprint density at radius 1 is 1.40 bits per heavy atom. The first-order valence-electron chi connectivity index (χ1n) is 6.42. The van der Waals surface area contributed by atoms with Gasteiger partial charge in [-0.2, -0.15) is 5.10 Å². The van der Waals surface area contributed by atoms with E-state index in [2.05, 4.69) is 10.4 Å². The molecule has 2 aromatic rings. The van der Waals surface area contributed by atoms with Crippen LogP contribution in [0.3, 0.4) is 0 Å². The van der Waals surface area contributed by atoms with Gasteiger partial charge < -0.3 is 15.2 Å². The quantitative estimate of drug-likeness (QED) is 0.853. The van der Waals surface area contributed by atoms with Crippen LogP contribution < -0.4 is 10.1 Å². The van der Waals surface area contributed by atoms with Gasteiger partial charge in [-0.1, -0.05) is 18.2 Å². The molecule has 0 fully saturated rings. The van der Waals surface area contributed by atoms with Gasteiger partial charge in [-0.25, -0.2) is 0 Å². The number of para-hydroxylation sites is 1. The van der Waals surface area contributed by atoms with Crippen molar-refractivity contribution in [1.82, 2.24) is 15.1 Å². The lowest BCUT2D eigenvalue weighted by Gasteiger charge is -2.22. The van der Waals surface area contributed by atoms with Crippen LogP contribution in [0.1, 0.15) is 16.2 Å². The van der Waals surface area contributed by atoms with Gasteiger partial charge in [0, 0.05) is 0 Å². The number of ether oxygens (including phenoxy) is 1. The predicted octanol–water partition coefficient (Wildman–Crippen LogP) is 0.566. The van der Waals surface area contributed by atoms with Crippen molar-refractivity contribution < 1.29 is 14.6 Å². The van der Waals surface area contributed by atoms with Gasteiger partial charge in [0.25, 0.3) is 5.91 Å². The first-order chi connectivity index (χ1) is 9.76. The third-order valence-electron chi connectivity index (χ3n) is 3.14. The summed E-state index contributed by atoms with van der Waals surface area (Å²) in [5.41, 5.74) is 1.19. The van der Waals surface area contributed by atoms with Crippen molar-refractivity contribution in [3.8, 4) is 5.75 Å². The van der Waals surface area contributed by atoms with Gasteiger partial charge in [-0.3, -0.25) is 9.48 Å². The molecule has 1 unspecified atom stereocenters. The van der Waals surface area contributed by atoms with E-state index >= 15 is 0 Å². The minimum atomic E-state index is -0.280. The molecule has 3 rings (SSSR count). The van der Waals surface area contributed by atoms with E-state index in [1.807, 2.05) is 30.3 Å². The standard InChI is InChI=1S/C14H15N3O3/c18-8-11-7-17-13(14(19)15-11)6-10(16-17)9-20-12-4-2-1-3-5-12/h1-6,11,18H,7-9H2,(H,15,19). The van der Waals surface area contributed by atoms with E-state index in [0.29, 0.717) is 24.5 Å². The lowest BCUT2D eigenvalue weighted by atomic mass is 10.2. The molecule has 1 amide bonds. The second-order valence-electron chi connectivity index (χ2n) is 4.66. The minimum Gasteiger partial charge on any atom is -0.487 e. The summed E-state index contributed by atoms with van der Waals surface area (Å²) in [6.07, 6.45) is 0. The zero-order chi connectivity index (χ0) is 13.9. The highest BCUT2D eigenvalue weighted by molar-refractivity contribution is 5.93. The molecular formula is C14H15N3O3. The Kier molecular flexibility index (Phi) is 3.39. The van der Waals surface area contributed by atoms with Crippen LogP contribution in [-0.4, -0.2) is 33.4 Å². The van der Waals surface area contributed by atoms with Crippen LogP contribution in [0.4, 0.5) is 0 Å². The highest BCUT2D eigenvalue weighted by Crippen LogP contribution is 2.14. The molecule has 0 aliphatic carbocycles. The third kappa shape index (κ3) is 2.50. The molecular weight excluding hydrogens is 258 g/mol. The van der Waals surface area contributed by atoms with E-state index in [4.69, 9.17) is 9.84 Å². The number of carbonyl (C=O) groups excluding carboxylic acids is 1. The first kappa shape index (κ1) is 12.7. The Hall–Kier alpha value is -2.34. The number of amides is 1. The zero-order valence-corrected chi connectivity index (χ0v) is 10.8. The van der Waals surface area contributed by atoms with Gasteiger partial charge in [-0.15, -0.1) is 0 Å². The van der Waals surface area contributed by atoms with Crippen molar-refractivity contribution in [3.63, 3.8) is 0 Å². The highest BCUT2D eigenvalue weighted by Gasteiger charge is 2.25. The molecule has 1 aromatic carbocycles. The molecule has 1 aromatic heterocycles. The summed E-state index contributed by atoms with van der Waals surface area (Å²) in [6, 6.07) is 10.9. The Balaban J connectivity index is 1.72. The number of aliphatic hydroxyl groups excluding tert-OH is 1. The smallest absolute Gasteiger partial charge is 0.269 e. The van der Waals surface area contributed by atoms with Crippen molar-refractivity contribution in [2.75, 3.05) is 6.61 Å². The van der Waals surface area contributed by atoms with Crippen LogP contribution in [0.2, 0.25) is 0 Å². The van der Waals surface area contributed by atoms with Crippen LogP contribution >= 0.6 is 0 Å². The summed E-state index contributed by atoms with van der Waals surface area (Å²) in [6.45, 7) is 0.685. The Labute approximate surface area is 116 Å². The number of nitrogens with zero attached hydrogens (tertiary/aromatic N) is 2. The lowest BCUT2D eigenvalue weighted by Crippen LogP contribution is -2.46. The normalized spacial score (nSPS) is 17.4. The lowest BCUT2D eigenvalue weighted by molar-refractivity contribution is 0.0862. The third-order valence-corrected chi connectivity index (χ3v) is 3.14. The number of hydrogen-bond donors (Lipinski definition) is 2. The summed E-state index contributed by atoms with van der Waals surface area (Å²) in [5, 5.41) is 16.2. The van der Waals surface area contributed by atoms with E-state index in [-0.39, 0.29) is 18.6 Å². The van der Waals surface area contributed by atoms with Crippen LogP contribution in [0.25, 0.3) is 0 Å². The van der Waals surface area contributed by atoms with E-state index in [1.54, 1.807) is 10.7 Å². The second kappa shape index (κ2) is 5.34. The molecule has 104 valence electrons. The number of nitrogens with one attached hydrogen (secondary N) is 1. The van der Waals surface area contributed by atoms with Crippen LogP contribution in [-0.2, 0) is 13.2 Å².